The molecule has 0 heterocycles. The zero-order valence-corrected chi connectivity index (χ0v) is 13.4. The van der Waals surface area contributed by atoms with Crippen molar-refractivity contribution in [3.05, 3.63) is 75.3 Å². The number of nitrogens with one attached hydrogen (secondary N) is 1. The zero-order valence-electron chi connectivity index (χ0n) is 13.4. The summed E-state index contributed by atoms with van der Waals surface area (Å²) in [6, 6.07) is 13.7. The predicted octanol–water partition coefficient (Wildman–Crippen LogP) is 4.21. The normalized spacial score (nSPS) is 12.0. The minimum absolute atomic E-state index is 0.0724. The molecule has 1 amide bonds. The molecule has 0 spiro atoms. The lowest BCUT2D eigenvalue weighted by atomic mass is 9.99. The van der Waals surface area contributed by atoms with Crippen molar-refractivity contribution in [2.45, 2.75) is 32.7 Å². The van der Waals surface area contributed by atoms with E-state index in [0.717, 1.165) is 5.56 Å². The average molecular weight is 312 g/mol. The monoisotopic (exact) mass is 312 g/mol. The Labute approximate surface area is 135 Å². The molecule has 0 fully saturated rings. The summed E-state index contributed by atoms with van der Waals surface area (Å²) in [6.45, 7) is 6.10. The number of carbonyl (C=O) groups is 1. The molecule has 5 nitrogen and oxygen atoms in total. The summed E-state index contributed by atoms with van der Waals surface area (Å²) in [6.07, 6.45) is 0. The summed E-state index contributed by atoms with van der Waals surface area (Å²) in [5.74, 6) is -0.00125. The molecule has 2 aromatic carbocycles. The fourth-order valence-electron chi connectivity index (χ4n) is 2.35. The van der Waals surface area contributed by atoms with Crippen LogP contribution in [-0.2, 0) is 0 Å². The largest absolute Gasteiger partial charge is 0.345 e. The maximum Gasteiger partial charge on any atom is 0.282 e. The molecule has 0 aliphatic rings. The highest BCUT2D eigenvalue weighted by atomic mass is 16.6. The highest BCUT2D eigenvalue weighted by molar-refractivity contribution is 5.98. The molecule has 0 saturated heterocycles. The van der Waals surface area contributed by atoms with E-state index < -0.39 is 10.8 Å². The topological polar surface area (TPSA) is 72.2 Å². The van der Waals surface area contributed by atoms with Gasteiger partial charge in [-0.05, 0) is 30.0 Å². The van der Waals surface area contributed by atoms with Crippen LogP contribution in [0.3, 0.4) is 0 Å². The van der Waals surface area contributed by atoms with E-state index in [4.69, 9.17) is 0 Å². The molecule has 2 rings (SSSR count). The highest BCUT2D eigenvalue weighted by Crippen LogP contribution is 2.21. The van der Waals surface area contributed by atoms with Crippen molar-refractivity contribution in [1.29, 1.82) is 0 Å². The smallest absolute Gasteiger partial charge is 0.282 e. The lowest BCUT2D eigenvalue weighted by Crippen LogP contribution is -2.27. The zero-order chi connectivity index (χ0) is 17.0. The highest BCUT2D eigenvalue weighted by Gasteiger charge is 2.20. The van der Waals surface area contributed by atoms with E-state index in [2.05, 4.69) is 19.2 Å². The molecule has 0 radical (unpaired) electrons. The first-order chi connectivity index (χ1) is 10.9. The van der Waals surface area contributed by atoms with Gasteiger partial charge in [0, 0.05) is 6.07 Å². The molecule has 0 bridgehead atoms. The summed E-state index contributed by atoms with van der Waals surface area (Å²) in [4.78, 5) is 22.8. The van der Waals surface area contributed by atoms with Gasteiger partial charge in [-0.15, -0.1) is 0 Å². The summed E-state index contributed by atoms with van der Waals surface area (Å²) in [7, 11) is 0. The van der Waals surface area contributed by atoms with Gasteiger partial charge in [0.25, 0.3) is 11.6 Å². The van der Waals surface area contributed by atoms with Gasteiger partial charge in [0.2, 0.25) is 0 Å². The van der Waals surface area contributed by atoms with Crippen LogP contribution in [-0.4, -0.2) is 10.8 Å². The van der Waals surface area contributed by atoms with E-state index in [0.29, 0.717) is 5.92 Å². The Morgan fingerprint density at radius 2 is 1.57 bits per heavy atom. The van der Waals surface area contributed by atoms with E-state index in [1.165, 1.54) is 17.7 Å². The van der Waals surface area contributed by atoms with E-state index in [1.807, 2.05) is 31.2 Å². The fraction of sp³-hybridized carbons (Fsp3) is 0.278. The number of nitro groups is 1. The molecular formula is C18H20N2O3. The van der Waals surface area contributed by atoms with Crippen LogP contribution in [0, 0.1) is 10.1 Å². The van der Waals surface area contributed by atoms with Crippen molar-refractivity contribution in [3.63, 3.8) is 0 Å². The molecule has 23 heavy (non-hydrogen) atoms. The van der Waals surface area contributed by atoms with Crippen molar-refractivity contribution in [2.75, 3.05) is 0 Å². The number of rotatable bonds is 5. The maximum absolute atomic E-state index is 12.3. The fourth-order valence-corrected chi connectivity index (χ4v) is 2.35. The summed E-state index contributed by atoms with van der Waals surface area (Å²) >= 11 is 0. The predicted molar refractivity (Wildman–Crippen MR) is 89.5 cm³/mol. The number of nitrogens with zero attached hydrogens (tertiary/aromatic N) is 1. The first kappa shape index (κ1) is 16.7. The Kier molecular flexibility index (Phi) is 5.11. The second kappa shape index (κ2) is 7.05. The van der Waals surface area contributed by atoms with Crippen LogP contribution in [0.2, 0.25) is 0 Å². The van der Waals surface area contributed by atoms with E-state index in [-0.39, 0.29) is 17.3 Å². The number of hydrogen-bond acceptors (Lipinski definition) is 3. The van der Waals surface area contributed by atoms with Gasteiger partial charge in [-0.1, -0.05) is 50.2 Å². The van der Waals surface area contributed by atoms with Gasteiger partial charge in [-0.2, -0.15) is 0 Å². The number of amides is 1. The van der Waals surface area contributed by atoms with Crippen LogP contribution in [0.15, 0.2) is 48.5 Å². The Morgan fingerprint density at radius 1 is 1.00 bits per heavy atom. The third kappa shape index (κ3) is 3.94. The van der Waals surface area contributed by atoms with Crippen LogP contribution in [0.5, 0.6) is 0 Å². The van der Waals surface area contributed by atoms with Crippen LogP contribution in [0.4, 0.5) is 5.69 Å². The van der Waals surface area contributed by atoms with Gasteiger partial charge >= 0.3 is 0 Å². The second-order valence-corrected chi connectivity index (χ2v) is 5.79. The third-order valence-electron chi connectivity index (χ3n) is 3.80. The molecule has 120 valence electrons. The Morgan fingerprint density at radius 3 is 2.13 bits per heavy atom. The first-order valence-corrected chi connectivity index (χ1v) is 7.54. The molecule has 1 atom stereocenters. The van der Waals surface area contributed by atoms with E-state index >= 15 is 0 Å². The number of para-hydroxylation sites is 1. The Hall–Kier alpha value is -2.69. The van der Waals surface area contributed by atoms with Crippen molar-refractivity contribution < 1.29 is 9.72 Å². The minimum Gasteiger partial charge on any atom is -0.345 e. The molecule has 0 aliphatic carbocycles. The van der Waals surface area contributed by atoms with Gasteiger partial charge in [0.1, 0.15) is 5.56 Å². The van der Waals surface area contributed by atoms with Crippen LogP contribution in [0.1, 0.15) is 54.2 Å². The van der Waals surface area contributed by atoms with E-state index in [9.17, 15) is 14.9 Å². The van der Waals surface area contributed by atoms with Crippen LogP contribution < -0.4 is 5.32 Å². The third-order valence-corrected chi connectivity index (χ3v) is 3.80. The van der Waals surface area contributed by atoms with Crippen molar-refractivity contribution in [1.82, 2.24) is 5.32 Å². The Bertz CT molecular complexity index is 708. The molecule has 0 aromatic heterocycles. The van der Waals surface area contributed by atoms with Gasteiger partial charge in [0.15, 0.2) is 0 Å². The molecule has 5 heteroatoms. The van der Waals surface area contributed by atoms with Crippen molar-refractivity contribution >= 4 is 11.6 Å². The van der Waals surface area contributed by atoms with Crippen molar-refractivity contribution in [3.8, 4) is 0 Å². The lowest BCUT2D eigenvalue weighted by Gasteiger charge is -2.15. The van der Waals surface area contributed by atoms with Gasteiger partial charge < -0.3 is 5.32 Å². The SMILES string of the molecule is CC(C)c1ccc([C@@H](C)NC(=O)c2ccccc2[N+](=O)[O-])cc1. The van der Waals surface area contributed by atoms with Crippen LogP contribution >= 0.6 is 0 Å². The number of hydrogen-bond donors (Lipinski definition) is 1. The van der Waals surface area contributed by atoms with E-state index in [1.54, 1.807) is 12.1 Å². The molecule has 2 aromatic rings. The molecule has 0 unspecified atom stereocenters. The average Bonchev–Trinajstić information content (AvgIpc) is 2.54. The number of nitro benzene ring substituents is 1. The summed E-state index contributed by atoms with van der Waals surface area (Å²) < 4.78 is 0. The molecule has 0 saturated carbocycles. The standard InChI is InChI=1S/C18H20N2O3/c1-12(2)14-8-10-15(11-9-14)13(3)19-18(21)16-6-4-5-7-17(16)20(22)23/h4-13H,1-3H3,(H,19,21)/t13-/m1/s1. The van der Waals surface area contributed by atoms with Crippen molar-refractivity contribution in [2.24, 2.45) is 0 Å². The molecule has 0 aliphatic heterocycles. The minimum atomic E-state index is -0.545. The second-order valence-electron chi connectivity index (χ2n) is 5.79. The van der Waals surface area contributed by atoms with Gasteiger partial charge in [-0.3, -0.25) is 14.9 Å². The Balaban J connectivity index is 2.15. The quantitative estimate of drug-likeness (QED) is 0.664. The lowest BCUT2D eigenvalue weighted by molar-refractivity contribution is -0.385. The maximum atomic E-state index is 12.3. The number of benzene rings is 2. The first-order valence-electron chi connectivity index (χ1n) is 7.54. The summed E-state index contributed by atoms with van der Waals surface area (Å²) in [5, 5.41) is 13.8. The van der Waals surface area contributed by atoms with Crippen LogP contribution in [0.25, 0.3) is 0 Å². The molecular weight excluding hydrogens is 292 g/mol. The van der Waals surface area contributed by atoms with Gasteiger partial charge in [0.05, 0.1) is 11.0 Å². The number of carbonyl (C=O) groups excluding carboxylic acids is 1. The summed E-state index contributed by atoms with van der Waals surface area (Å²) in [5.41, 5.74) is 2.07. The molecule has 1 N–H and O–H groups in total. The van der Waals surface area contributed by atoms with Gasteiger partial charge in [-0.25, -0.2) is 0 Å².